The third kappa shape index (κ3) is 4.53. The van der Waals surface area contributed by atoms with E-state index in [9.17, 15) is 9.59 Å². The lowest BCUT2D eigenvalue weighted by Gasteiger charge is -2.11. The molecule has 0 saturated heterocycles. The summed E-state index contributed by atoms with van der Waals surface area (Å²) >= 11 is 0. The van der Waals surface area contributed by atoms with Crippen LogP contribution >= 0.6 is 0 Å². The monoisotopic (exact) mass is 245 g/mol. The predicted molar refractivity (Wildman–Crippen MR) is 74.7 cm³/mol. The number of nitrogens with zero attached hydrogens (tertiary/aromatic N) is 1. The van der Waals surface area contributed by atoms with Gasteiger partial charge < -0.3 is 4.90 Å². The first kappa shape index (κ1) is 14.2. The van der Waals surface area contributed by atoms with Crippen molar-refractivity contribution in [3.8, 4) is 0 Å². The number of hydrogen-bond donors (Lipinski definition) is 0. The van der Waals surface area contributed by atoms with Crippen LogP contribution in [0.4, 0.5) is 5.69 Å². The lowest BCUT2D eigenvalue weighted by Crippen LogP contribution is -2.07. The molecule has 0 atom stereocenters. The zero-order valence-corrected chi connectivity index (χ0v) is 11.1. The van der Waals surface area contributed by atoms with E-state index in [1.54, 1.807) is 13.0 Å². The van der Waals surface area contributed by atoms with Gasteiger partial charge in [0.15, 0.2) is 5.78 Å². The smallest absolute Gasteiger partial charge is 0.163 e. The van der Waals surface area contributed by atoms with Crippen LogP contribution in [0.3, 0.4) is 0 Å². The van der Waals surface area contributed by atoms with E-state index in [4.69, 9.17) is 0 Å². The minimum absolute atomic E-state index is 0.00276. The Kier molecular flexibility index (Phi) is 5.31. The Morgan fingerprint density at radius 3 is 2.28 bits per heavy atom. The highest BCUT2D eigenvalue weighted by molar-refractivity contribution is 6.06. The average Bonchev–Trinajstić information content (AvgIpc) is 2.36. The molecule has 0 aliphatic rings. The van der Waals surface area contributed by atoms with Gasteiger partial charge in [-0.05, 0) is 23.8 Å². The van der Waals surface area contributed by atoms with Crippen LogP contribution < -0.4 is 4.90 Å². The van der Waals surface area contributed by atoms with Crippen molar-refractivity contribution >= 4 is 23.3 Å². The van der Waals surface area contributed by atoms with Crippen LogP contribution in [0, 0.1) is 0 Å². The van der Waals surface area contributed by atoms with Crippen molar-refractivity contribution in [2.75, 3.05) is 19.0 Å². The van der Waals surface area contributed by atoms with Crippen molar-refractivity contribution in [3.05, 3.63) is 35.9 Å². The van der Waals surface area contributed by atoms with Gasteiger partial charge in [-0.15, -0.1) is 0 Å². The van der Waals surface area contributed by atoms with E-state index in [1.165, 1.54) is 6.08 Å². The van der Waals surface area contributed by atoms with Gasteiger partial charge in [0.2, 0.25) is 0 Å². The average molecular weight is 245 g/mol. The second-order valence-electron chi connectivity index (χ2n) is 4.35. The van der Waals surface area contributed by atoms with Gasteiger partial charge in [0.05, 0.1) is 6.42 Å². The number of carbonyl (C=O) groups is 2. The maximum absolute atomic E-state index is 11.4. The van der Waals surface area contributed by atoms with Crippen LogP contribution in [-0.2, 0) is 9.59 Å². The second kappa shape index (κ2) is 6.74. The molecular weight excluding hydrogens is 226 g/mol. The van der Waals surface area contributed by atoms with Crippen molar-refractivity contribution in [2.24, 2.45) is 0 Å². The number of Topliss-reactive ketones (excluding diaryl/α,β-unsaturated/α-hetero) is 1. The molecule has 1 aromatic carbocycles. The summed E-state index contributed by atoms with van der Waals surface area (Å²) < 4.78 is 0. The van der Waals surface area contributed by atoms with Crippen LogP contribution in [0.5, 0.6) is 0 Å². The van der Waals surface area contributed by atoms with Crippen molar-refractivity contribution in [1.82, 2.24) is 0 Å². The van der Waals surface area contributed by atoms with E-state index in [1.807, 2.05) is 43.3 Å². The highest BCUT2D eigenvalue weighted by Crippen LogP contribution is 2.13. The number of rotatable bonds is 6. The molecule has 0 heterocycles. The van der Waals surface area contributed by atoms with Gasteiger partial charge in [-0.25, -0.2) is 0 Å². The Bertz CT molecular complexity index is 444. The molecule has 0 unspecified atom stereocenters. The number of anilines is 1. The summed E-state index contributed by atoms with van der Waals surface area (Å²) in [6, 6.07) is 7.87. The third-order valence-corrected chi connectivity index (χ3v) is 2.64. The van der Waals surface area contributed by atoms with Crippen LogP contribution in [0.1, 0.15) is 25.3 Å². The van der Waals surface area contributed by atoms with Gasteiger partial charge in [-0.1, -0.05) is 25.1 Å². The third-order valence-electron chi connectivity index (χ3n) is 2.64. The van der Waals surface area contributed by atoms with E-state index in [0.29, 0.717) is 6.42 Å². The molecule has 3 nitrogen and oxygen atoms in total. The van der Waals surface area contributed by atoms with Crippen molar-refractivity contribution in [3.63, 3.8) is 0 Å². The molecular formula is C15H19NO2. The van der Waals surface area contributed by atoms with Crippen LogP contribution in [0.15, 0.2) is 30.3 Å². The maximum Gasteiger partial charge on any atom is 0.163 e. The van der Waals surface area contributed by atoms with Gasteiger partial charge in [-0.2, -0.15) is 0 Å². The molecule has 96 valence electrons. The predicted octanol–water partition coefficient (Wildman–Crippen LogP) is 2.70. The van der Waals surface area contributed by atoms with Gasteiger partial charge in [0.25, 0.3) is 0 Å². The number of hydrogen-bond acceptors (Lipinski definition) is 3. The lowest BCUT2D eigenvalue weighted by atomic mass is 10.1. The minimum atomic E-state index is -0.140. The Morgan fingerprint density at radius 2 is 1.78 bits per heavy atom. The van der Waals surface area contributed by atoms with Crippen LogP contribution in [-0.4, -0.2) is 25.7 Å². The van der Waals surface area contributed by atoms with Gasteiger partial charge in [0.1, 0.15) is 5.78 Å². The topological polar surface area (TPSA) is 37.4 Å². The van der Waals surface area contributed by atoms with Gasteiger partial charge in [-0.3, -0.25) is 9.59 Å². The normalized spacial score (nSPS) is 10.6. The molecule has 0 aliphatic heterocycles. The Balaban J connectivity index is 2.61. The number of ketones is 2. The zero-order valence-electron chi connectivity index (χ0n) is 11.1. The lowest BCUT2D eigenvalue weighted by molar-refractivity contribution is -0.124. The van der Waals surface area contributed by atoms with E-state index in [2.05, 4.69) is 0 Å². The van der Waals surface area contributed by atoms with Gasteiger partial charge in [0, 0.05) is 26.2 Å². The molecule has 0 bridgehead atoms. The molecule has 0 spiro atoms. The zero-order chi connectivity index (χ0) is 13.5. The van der Waals surface area contributed by atoms with Crippen molar-refractivity contribution < 1.29 is 9.59 Å². The first-order valence-corrected chi connectivity index (χ1v) is 6.03. The fraction of sp³-hybridized carbons (Fsp3) is 0.333. The summed E-state index contributed by atoms with van der Waals surface area (Å²) in [6.07, 6.45) is 3.63. The largest absolute Gasteiger partial charge is 0.378 e. The summed E-state index contributed by atoms with van der Waals surface area (Å²) in [6.45, 7) is 1.76. The first-order chi connectivity index (χ1) is 8.52. The highest BCUT2D eigenvalue weighted by atomic mass is 16.1. The fourth-order valence-corrected chi connectivity index (χ4v) is 1.45. The molecule has 0 fully saturated rings. The Hall–Kier alpha value is -1.90. The summed E-state index contributed by atoms with van der Waals surface area (Å²) in [4.78, 5) is 24.6. The molecule has 0 aromatic heterocycles. The molecule has 1 rings (SSSR count). The second-order valence-corrected chi connectivity index (χ2v) is 4.35. The Morgan fingerprint density at radius 1 is 1.17 bits per heavy atom. The van der Waals surface area contributed by atoms with E-state index < -0.39 is 0 Å². The minimum Gasteiger partial charge on any atom is -0.378 e. The molecule has 18 heavy (non-hydrogen) atoms. The maximum atomic E-state index is 11.4. The summed E-state index contributed by atoms with van der Waals surface area (Å²) in [5.74, 6) is -0.161. The molecule has 1 aromatic rings. The van der Waals surface area contributed by atoms with Gasteiger partial charge >= 0.3 is 0 Å². The van der Waals surface area contributed by atoms with E-state index in [-0.39, 0.29) is 18.0 Å². The molecule has 0 radical (unpaired) electrons. The SMILES string of the molecule is CCC(=O)CC(=O)/C=C/c1ccc(N(C)C)cc1. The molecule has 0 aliphatic carbocycles. The van der Waals surface area contributed by atoms with Crippen molar-refractivity contribution in [2.45, 2.75) is 19.8 Å². The summed E-state index contributed by atoms with van der Waals surface area (Å²) in [7, 11) is 3.95. The molecule has 0 saturated carbocycles. The first-order valence-electron chi connectivity index (χ1n) is 6.03. The fourth-order valence-electron chi connectivity index (χ4n) is 1.45. The number of benzene rings is 1. The molecule has 0 amide bonds. The van der Waals surface area contributed by atoms with E-state index >= 15 is 0 Å². The van der Waals surface area contributed by atoms with Crippen LogP contribution in [0.2, 0.25) is 0 Å². The number of carbonyl (C=O) groups excluding carboxylic acids is 2. The van der Waals surface area contributed by atoms with Crippen LogP contribution in [0.25, 0.3) is 6.08 Å². The molecule has 3 heteroatoms. The van der Waals surface area contributed by atoms with Crippen molar-refractivity contribution in [1.29, 1.82) is 0 Å². The highest BCUT2D eigenvalue weighted by Gasteiger charge is 2.03. The Labute approximate surface area is 108 Å². The molecule has 0 N–H and O–H groups in total. The quantitative estimate of drug-likeness (QED) is 0.571. The standard InChI is InChI=1S/C15H19NO2/c1-4-14(17)11-15(18)10-7-12-5-8-13(9-6-12)16(2)3/h5-10H,4,11H2,1-3H3/b10-7+. The number of allylic oxidation sites excluding steroid dienone is 1. The summed E-state index contributed by atoms with van der Waals surface area (Å²) in [5, 5.41) is 0. The van der Waals surface area contributed by atoms with E-state index in [0.717, 1.165) is 11.3 Å². The summed E-state index contributed by atoms with van der Waals surface area (Å²) in [5.41, 5.74) is 2.07.